The van der Waals surface area contributed by atoms with Crippen LogP contribution in [0.1, 0.15) is 12.5 Å². The lowest BCUT2D eigenvalue weighted by Gasteiger charge is -2.28. The van der Waals surface area contributed by atoms with Gasteiger partial charge in [-0.1, -0.05) is 18.2 Å². The van der Waals surface area contributed by atoms with E-state index in [2.05, 4.69) is 5.32 Å². The van der Waals surface area contributed by atoms with Gasteiger partial charge in [-0.05, 0) is 54.6 Å². The largest absolute Gasteiger partial charge is 0.493 e. The van der Waals surface area contributed by atoms with Crippen molar-refractivity contribution in [1.82, 2.24) is 9.80 Å². The van der Waals surface area contributed by atoms with Crippen LogP contribution in [-0.4, -0.2) is 85.9 Å². The molecule has 39 heavy (non-hydrogen) atoms. The maximum Gasteiger partial charge on any atom is 0.294 e. The van der Waals surface area contributed by atoms with E-state index in [0.29, 0.717) is 61.4 Å². The molecule has 0 saturated carbocycles. The molecule has 2 fully saturated rings. The van der Waals surface area contributed by atoms with E-state index in [0.717, 1.165) is 16.7 Å². The molecule has 0 aromatic heterocycles. The average Bonchev–Trinajstić information content (AvgIpc) is 3.21. The van der Waals surface area contributed by atoms with E-state index in [1.807, 2.05) is 13.0 Å². The Morgan fingerprint density at radius 3 is 2.56 bits per heavy atom. The number of amides is 4. The van der Waals surface area contributed by atoms with Crippen LogP contribution in [0.5, 0.6) is 17.2 Å². The minimum absolute atomic E-state index is 0.192. The third-order valence-electron chi connectivity index (χ3n) is 5.84. The Hall–Kier alpha value is -4.03. The lowest BCUT2D eigenvalue weighted by atomic mass is 10.2. The van der Waals surface area contributed by atoms with Crippen molar-refractivity contribution in [3.8, 4) is 17.2 Å². The summed E-state index contributed by atoms with van der Waals surface area (Å²) in [5.74, 6) is 0.0178. The summed E-state index contributed by atoms with van der Waals surface area (Å²) in [5, 5.41) is 2.26. The number of thioether (sulfide) groups is 1. The van der Waals surface area contributed by atoms with Crippen LogP contribution in [0.4, 0.5) is 10.5 Å². The number of hydrogen-bond acceptors (Lipinski definition) is 9. The molecule has 11 nitrogen and oxygen atoms in total. The van der Waals surface area contributed by atoms with Crippen molar-refractivity contribution < 1.29 is 38.1 Å². The number of nitrogens with one attached hydrogen (secondary N) is 1. The molecule has 0 bridgehead atoms. The molecular formula is C27H29N3O8S. The predicted molar refractivity (Wildman–Crippen MR) is 145 cm³/mol. The molecule has 0 aliphatic carbocycles. The maximum absolute atomic E-state index is 12.9. The molecule has 2 aromatic carbocycles. The fraction of sp³-hybridized carbons (Fsp3) is 0.333. The van der Waals surface area contributed by atoms with E-state index in [9.17, 15) is 19.2 Å². The zero-order chi connectivity index (χ0) is 27.8. The van der Waals surface area contributed by atoms with Crippen molar-refractivity contribution in [2.75, 3.05) is 58.5 Å². The predicted octanol–water partition coefficient (Wildman–Crippen LogP) is 3.01. The van der Waals surface area contributed by atoms with Crippen LogP contribution in [0.2, 0.25) is 0 Å². The Morgan fingerprint density at radius 1 is 1.05 bits per heavy atom. The van der Waals surface area contributed by atoms with Gasteiger partial charge in [0.05, 0.1) is 37.5 Å². The maximum atomic E-state index is 12.9. The third kappa shape index (κ3) is 7.09. The van der Waals surface area contributed by atoms with Gasteiger partial charge in [-0.25, -0.2) is 0 Å². The molecule has 0 radical (unpaired) electrons. The zero-order valence-electron chi connectivity index (χ0n) is 21.6. The molecule has 12 heteroatoms. The number of hydrogen-bond donors (Lipinski definition) is 1. The molecule has 4 rings (SSSR count). The summed E-state index contributed by atoms with van der Waals surface area (Å²) in [6.07, 6.45) is 1.55. The highest BCUT2D eigenvalue weighted by Crippen LogP contribution is 2.34. The van der Waals surface area contributed by atoms with Crippen molar-refractivity contribution >= 4 is 46.5 Å². The molecule has 2 aliphatic heterocycles. The second-order valence-electron chi connectivity index (χ2n) is 8.44. The zero-order valence-corrected chi connectivity index (χ0v) is 22.5. The fourth-order valence-electron chi connectivity index (χ4n) is 3.91. The molecule has 1 N–H and O–H groups in total. The highest BCUT2D eigenvalue weighted by molar-refractivity contribution is 8.18. The number of nitrogens with zero attached hydrogens (tertiary/aromatic N) is 2. The second-order valence-corrected chi connectivity index (χ2v) is 9.43. The Bertz CT molecular complexity index is 1280. The highest BCUT2D eigenvalue weighted by Gasteiger charge is 2.37. The second kappa shape index (κ2) is 13.2. The highest BCUT2D eigenvalue weighted by atomic mass is 32.2. The number of benzene rings is 2. The molecule has 0 spiro atoms. The number of carbonyl (C=O) groups excluding carboxylic acids is 4. The molecule has 4 amide bonds. The summed E-state index contributed by atoms with van der Waals surface area (Å²) < 4.78 is 21.8. The number of carbonyl (C=O) groups is 4. The molecule has 206 valence electrons. The smallest absolute Gasteiger partial charge is 0.294 e. The van der Waals surface area contributed by atoms with E-state index in [-0.39, 0.29) is 29.9 Å². The molecule has 0 atom stereocenters. The summed E-state index contributed by atoms with van der Waals surface area (Å²) in [5.41, 5.74) is 1.12. The molecule has 0 unspecified atom stereocenters. The first kappa shape index (κ1) is 28.0. The van der Waals surface area contributed by atoms with Crippen LogP contribution in [0.25, 0.3) is 6.08 Å². The van der Waals surface area contributed by atoms with Gasteiger partial charge in [0.2, 0.25) is 5.91 Å². The Morgan fingerprint density at radius 2 is 1.82 bits per heavy atom. The van der Waals surface area contributed by atoms with Gasteiger partial charge in [-0.3, -0.25) is 24.1 Å². The standard InChI is InChI=1S/C27H29N3O8S/c1-3-37-20-7-5-4-6-19(20)28-24(31)17-38-21-9-8-18(14-22(21)35-2)15-23-26(33)30(27(34)39-23)16-25(32)29-10-12-36-13-11-29/h4-9,14-15H,3,10-13,16-17H2,1-2H3,(H,28,31)/b23-15+. The molecule has 2 saturated heterocycles. The van der Waals surface area contributed by atoms with Crippen molar-refractivity contribution in [2.45, 2.75) is 6.92 Å². The van der Waals surface area contributed by atoms with E-state index in [1.54, 1.807) is 47.4 Å². The number of rotatable bonds is 10. The van der Waals surface area contributed by atoms with Gasteiger partial charge in [-0.15, -0.1) is 0 Å². The Kier molecular flexibility index (Phi) is 9.45. The first-order chi connectivity index (χ1) is 18.9. The normalized spacial score (nSPS) is 16.4. The van der Waals surface area contributed by atoms with Crippen LogP contribution >= 0.6 is 11.8 Å². The number of morpholine rings is 1. The fourth-order valence-corrected chi connectivity index (χ4v) is 4.75. The molecule has 2 heterocycles. The summed E-state index contributed by atoms with van der Waals surface area (Å²) >= 11 is 0.770. The van der Waals surface area contributed by atoms with Crippen LogP contribution in [-0.2, 0) is 19.1 Å². The number of ether oxygens (including phenoxy) is 4. The summed E-state index contributed by atoms with van der Waals surface area (Å²) in [4.78, 5) is 53.0. The lowest BCUT2D eigenvalue weighted by Crippen LogP contribution is -2.46. The van der Waals surface area contributed by atoms with Crippen LogP contribution in [0.3, 0.4) is 0 Å². The third-order valence-corrected chi connectivity index (χ3v) is 6.74. The van der Waals surface area contributed by atoms with Crippen molar-refractivity contribution in [3.05, 3.63) is 52.9 Å². The van der Waals surface area contributed by atoms with E-state index in [1.165, 1.54) is 7.11 Å². The molecule has 2 aromatic rings. The minimum atomic E-state index is -0.532. The van der Waals surface area contributed by atoms with Crippen molar-refractivity contribution in [1.29, 1.82) is 0 Å². The van der Waals surface area contributed by atoms with Crippen LogP contribution in [0.15, 0.2) is 47.4 Å². The van der Waals surface area contributed by atoms with Gasteiger partial charge >= 0.3 is 0 Å². The summed E-state index contributed by atoms with van der Waals surface area (Å²) in [7, 11) is 1.45. The van der Waals surface area contributed by atoms with E-state index < -0.39 is 11.1 Å². The van der Waals surface area contributed by atoms with Crippen LogP contribution < -0.4 is 19.5 Å². The van der Waals surface area contributed by atoms with Crippen molar-refractivity contribution in [2.24, 2.45) is 0 Å². The number of para-hydroxylation sites is 2. The average molecular weight is 556 g/mol. The van der Waals surface area contributed by atoms with Gasteiger partial charge in [0.15, 0.2) is 18.1 Å². The van der Waals surface area contributed by atoms with E-state index in [4.69, 9.17) is 18.9 Å². The topological polar surface area (TPSA) is 124 Å². The summed E-state index contributed by atoms with van der Waals surface area (Å²) in [6.45, 7) is 3.47. The monoisotopic (exact) mass is 555 g/mol. The van der Waals surface area contributed by atoms with Crippen molar-refractivity contribution in [3.63, 3.8) is 0 Å². The van der Waals surface area contributed by atoms with Crippen LogP contribution in [0, 0.1) is 0 Å². The van der Waals surface area contributed by atoms with E-state index >= 15 is 0 Å². The quantitative estimate of drug-likeness (QED) is 0.441. The number of anilines is 1. The lowest BCUT2D eigenvalue weighted by molar-refractivity contribution is -0.139. The first-order valence-electron chi connectivity index (χ1n) is 12.3. The van der Waals surface area contributed by atoms with Gasteiger partial charge in [0.25, 0.3) is 17.1 Å². The van der Waals surface area contributed by atoms with Gasteiger partial charge in [0, 0.05) is 13.1 Å². The molecular weight excluding hydrogens is 526 g/mol. The minimum Gasteiger partial charge on any atom is -0.493 e. The summed E-state index contributed by atoms with van der Waals surface area (Å²) in [6, 6.07) is 12.0. The Labute approximate surface area is 230 Å². The van der Waals surface area contributed by atoms with Gasteiger partial charge in [0.1, 0.15) is 12.3 Å². The SMILES string of the molecule is CCOc1ccccc1NC(=O)COc1ccc(/C=C2/SC(=O)N(CC(=O)N3CCOCC3)C2=O)cc1OC. The molecule has 2 aliphatic rings. The van der Waals surface area contributed by atoms with Gasteiger partial charge < -0.3 is 29.2 Å². The number of methoxy groups -OCH3 is 1. The van der Waals surface area contributed by atoms with Gasteiger partial charge in [-0.2, -0.15) is 0 Å². The Balaban J connectivity index is 1.38. The first-order valence-corrected chi connectivity index (χ1v) is 13.1. The number of imide groups is 1.